The Labute approximate surface area is 127 Å². The first-order valence-corrected chi connectivity index (χ1v) is 7.22. The standard InChI is InChI=1S/C17H16FN3O/c1-10-8-15-13(12-4-5-16(18)19-17(12)22-15)9-14(10)21-7-6-20(3)11(21)2/h4-9,11H,1-3H3/t11-/m0/s1. The van der Waals surface area contributed by atoms with Gasteiger partial charge in [-0.3, -0.25) is 0 Å². The number of aryl methyl sites for hydroxylation is 1. The molecule has 4 rings (SSSR count). The van der Waals surface area contributed by atoms with E-state index in [1.165, 1.54) is 6.07 Å². The fraction of sp³-hybridized carbons (Fsp3) is 0.235. The van der Waals surface area contributed by atoms with Crippen LogP contribution in [0.15, 0.2) is 41.1 Å². The molecular formula is C17H16FN3O. The van der Waals surface area contributed by atoms with E-state index in [2.05, 4.69) is 54.1 Å². The van der Waals surface area contributed by atoms with Crippen molar-refractivity contribution in [2.24, 2.45) is 0 Å². The predicted molar refractivity (Wildman–Crippen MR) is 85.1 cm³/mol. The van der Waals surface area contributed by atoms with Gasteiger partial charge in [0.15, 0.2) is 0 Å². The highest BCUT2D eigenvalue weighted by atomic mass is 19.1. The van der Waals surface area contributed by atoms with Crippen molar-refractivity contribution in [3.05, 3.63) is 48.2 Å². The molecule has 0 bridgehead atoms. The third-order valence-electron chi connectivity index (χ3n) is 4.35. The van der Waals surface area contributed by atoms with Crippen LogP contribution in [0.25, 0.3) is 22.1 Å². The van der Waals surface area contributed by atoms with E-state index >= 15 is 0 Å². The summed E-state index contributed by atoms with van der Waals surface area (Å²) in [5.41, 5.74) is 3.30. The number of hydrogen-bond acceptors (Lipinski definition) is 4. The maximum absolute atomic E-state index is 13.3. The van der Waals surface area contributed by atoms with Crippen molar-refractivity contribution in [2.75, 3.05) is 11.9 Å². The van der Waals surface area contributed by atoms with Gasteiger partial charge in [0, 0.05) is 35.9 Å². The number of rotatable bonds is 1. The molecule has 0 N–H and O–H groups in total. The molecule has 112 valence electrons. The summed E-state index contributed by atoms with van der Waals surface area (Å²) in [6, 6.07) is 7.17. The van der Waals surface area contributed by atoms with Crippen molar-refractivity contribution in [2.45, 2.75) is 20.0 Å². The number of pyridine rings is 1. The van der Waals surface area contributed by atoms with Gasteiger partial charge in [0.1, 0.15) is 11.7 Å². The van der Waals surface area contributed by atoms with Crippen LogP contribution in [-0.2, 0) is 0 Å². The molecule has 0 saturated heterocycles. The second-order valence-corrected chi connectivity index (χ2v) is 5.73. The van der Waals surface area contributed by atoms with Crippen molar-refractivity contribution in [3.63, 3.8) is 0 Å². The number of benzene rings is 1. The van der Waals surface area contributed by atoms with E-state index in [1.54, 1.807) is 6.07 Å². The van der Waals surface area contributed by atoms with Crippen LogP contribution in [0.3, 0.4) is 0 Å². The molecule has 22 heavy (non-hydrogen) atoms. The molecular weight excluding hydrogens is 281 g/mol. The van der Waals surface area contributed by atoms with Gasteiger partial charge >= 0.3 is 0 Å². The van der Waals surface area contributed by atoms with E-state index in [-0.39, 0.29) is 6.17 Å². The van der Waals surface area contributed by atoms with Crippen LogP contribution in [0, 0.1) is 12.9 Å². The normalized spacial score (nSPS) is 18.1. The maximum Gasteiger partial charge on any atom is 0.229 e. The molecule has 0 radical (unpaired) electrons. The molecule has 1 atom stereocenters. The summed E-state index contributed by atoms with van der Waals surface area (Å²) in [5, 5.41) is 1.79. The Morgan fingerprint density at radius 2 is 2.00 bits per heavy atom. The molecule has 4 nitrogen and oxygen atoms in total. The fourth-order valence-electron chi connectivity index (χ4n) is 2.95. The van der Waals surface area contributed by atoms with Crippen molar-refractivity contribution in [1.29, 1.82) is 0 Å². The van der Waals surface area contributed by atoms with E-state index < -0.39 is 5.95 Å². The number of nitrogens with zero attached hydrogens (tertiary/aromatic N) is 3. The average Bonchev–Trinajstić information content (AvgIpc) is 2.98. The zero-order chi connectivity index (χ0) is 15.4. The predicted octanol–water partition coefficient (Wildman–Crippen LogP) is 4.00. The van der Waals surface area contributed by atoms with Crippen LogP contribution in [0.2, 0.25) is 0 Å². The Bertz CT molecular complexity index is 915. The first kappa shape index (κ1) is 13.1. The second-order valence-electron chi connectivity index (χ2n) is 5.73. The van der Waals surface area contributed by atoms with E-state index in [0.717, 1.165) is 27.6 Å². The molecule has 0 aliphatic carbocycles. The lowest BCUT2D eigenvalue weighted by Crippen LogP contribution is -2.33. The minimum atomic E-state index is -0.527. The van der Waals surface area contributed by atoms with Gasteiger partial charge in [0.05, 0.1) is 0 Å². The SMILES string of the molecule is Cc1cc2oc3nc(F)ccc3c2cc1N1C=CN(C)[C@@H]1C. The van der Waals surface area contributed by atoms with Crippen molar-refractivity contribution >= 4 is 27.8 Å². The minimum absolute atomic E-state index is 0.255. The van der Waals surface area contributed by atoms with Gasteiger partial charge in [-0.2, -0.15) is 9.37 Å². The molecule has 0 saturated carbocycles. The Kier molecular flexibility index (Phi) is 2.66. The van der Waals surface area contributed by atoms with Gasteiger partial charge in [-0.1, -0.05) is 0 Å². The van der Waals surface area contributed by atoms with Crippen molar-refractivity contribution < 1.29 is 8.81 Å². The van der Waals surface area contributed by atoms with Gasteiger partial charge in [-0.05, 0) is 43.7 Å². The molecule has 1 aliphatic heterocycles. The number of fused-ring (bicyclic) bond motifs is 3. The van der Waals surface area contributed by atoms with Gasteiger partial charge in [-0.25, -0.2) is 0 Å². The third kappa shape index (κ3) is 1.78. The average molecular weight is 297 g/mol. The van der Waals surface area contributed by atoms with Crippen LogP contribution in [0.4, 0.5) is 10.1 Å². The zero-order valence-corrected chi connectivity index (χ0v) is 12.7. The summed E-state index contributed by atoms with van der Waals surface area (Å²) in [4.78, 5) is 8.19. The molecule has 1 aromatic carbocycles. The molecule has 0 amide bonds. The lowest BCUT2D eigenvalue weighted by Gasteiger charge is -2.28. The molecule has 0 unspecified atom stereocenters. The summed E-state index contributed by atoms with van der Waals surface area (Å²) in [6.07, 6.45) is 4.38. The monoisotopic (exact) mass is 297 g/mol. The van der Waals surface area contributed by atoms with Crippen LogP contribution in [0.5, 0.6) is 0 Å². The van der Waals surface area contributed by atoms with E-state index in [1.807, 2.05) is 6.07 Å². The van der Waals surface area contributed by atoms with Crippen LogP contribution < -0.4 is 4.90 Å². The smallest absolute Gasteiger partial charge is 0.229 e. The van der Waals surface area contributed by atoms with Crippen molar-refractivity contribution in [1.82, 2.24) is 9.88 Å². The molecule has 0 fully saturated rings. The molecule has 2 aromatic heterocycles. The Hall–Kier alpha value is -2.56. The minimum Gasteiger partial charge on any atom is -0.438 e. The van der Waals surface area contributed by atoms with Gasteiger partial charge in [-0.15, -0.1) is 0 Å². The van der Waals surface area contributed by atoms with Crippen molar-refractivity contribution in [3.8, 4) is 0 Å². The van der Waals surface area contributed by atoms with Gasteiger partial charge in [0.2, 0.25) is 11.7 Å². The van der Waals surface area contributed by atoms with E-state index in [0.29, 0.717) is 5.71 Å². The third-order valence-corrected chi connectivity index (χ3v) is 4.35. The fourth-order valence-corrected chi connectivity index (χ4v) is 2.95. The van der Waals surface area contributed by atoms with E-state index in [9.17, 15) is 4.39 Å². The number of furan rings is 1. The Balaban J connectivity index is 1.95. The molecule has 0 spiro atoms. The highest BCUT2D eigenvalue weighted by Gasteiger charge is 2.22. The largest absolute Gasteiger partial charge is 0.438 e. The summed E-state index contributed by atoms with van der Waals surface area (Å²) in [7, 11) is 2.05. The van der Waals surface area contributed by atoms with E-state index in [4.69, 9.17) is 4.42 Å². The number of hydrogen-bond donors (Lipinski definition) is 0. The molecule has 5 heteroatoms. The molecule has 3 heterocycles. The number of aromatic nitrogens is 1. The second kappa shape index (κ2) is 4.47. The Morgan fingerprint density at radius 3 is 2.73 bits per heavy atom. The maximum atomic E-state index is 13.3. The van der Waals surface area contributed by atoms with Gasteiger partial charge in [0.25, 0.3) is 0 Å². The summed E-state index contributed by atoms with van der Waals surface area (Å²) in [5.74, 6) is -0.527. The summed E-state index contributed by atoms with van der Waals surface area (Å²) >= 11 is 0. The number of anilines is 1. The van der Waals surface area contributed by atoms with Crippen LogP contribution >= 0.6 is 0 Å². The lowest BCUT2D eigenvalue weighted by molar-refractivity contribution is 0.383. The highest BCUT2D eigenvalue weighted by molar-refractivity contribution is 6.05. The Morgan fingerprint density at radius 1 is 1.18 bits per heavy atom. The van der Waals surface area contributed by atoms with Gasteiger partial charge < -0.3 is 14.2 Å². The topological polar surface area (TPSA) is 32.5 Å². The quantitative estimate of drug-likeness (QED) is 0.636. The van der Waals surface area contributed by atoms with Crippen LogP contribution in [-0.4, -0.2) is 23.1 Å². The summed E-state index contributed by atoms with van der Waals surface area (Å²) < 4.78 is 19.0. The first-order chi connectivity index (χ1) is 10.5. The molecule has 1 aliphatic rings. The summed E-state index contributed by atoms with van der Waals surface area (Å²) in [6.45, 7) is 4.20. The number of halogens is 1. The first-order valence-electron chi connectivity index (χ1n) is 7.22. The zero-order valence-electron chi connectivity index (χ0n) is 12.7. The highest BCUT2D eigenvalue weighted by Crippen LogP contribution is 2.35. The van der Waals surface area contributed by atoms with Crippen LogP contribution in [0.1, 0.15) is 12.5 Å². The lowest BCUT2D eigenvalue weighted by atomic mass is 10.1. The molecule has 3 aromatic rings.